The van der Waals surface area contributed by atoms with Crippen LogP contribution < -0.4 is 4.89 Å². The average molecular weight is 796 g/mol. The van der Waals surface area contributed by atoms with Gasteiger partial charge >= 0.3 is 11.9 Å². The first-order valence-corrected chi connectivity index (χ1v) is 22.6. The summed E-state index contributed by atoms with van der Waals surface area (Å²) in [6.07, 6.45) is 38.5. The van der Waals surface area contributed by atoms with Crippen molar-refractivity contribution in [3.05, 3.63) is 60.8 Å². The van der Waals surface area contributed by atoms with E-state index in [2.05, 4.69) is 50.3 Å². The highest BCUT2D eigenvalue weighted by Gasteiger charge is 2.21. The number of quaternary nitrogens is 1. The molecule has 318 valence electrons. The lowest BCUT2D eigenvalue weighted by atomic mass is 10.0. The van der Waals surface area contributed by atoms with E-state index in [9.17, 15) is 24.2 Å². The largest absolute Gasteiger partial charge is 0.756 e. The van der Waals surface area contributed by atoms with Crippen LogP contribution in [-0.4, -0.2) is 81.2 Å². The fourth-order valence-corrected chi connectivity index (χ4v) is 6.06. The number of ether oxygens (including phenoxy) is 2. The number of phosphoric acid groups is 1. The van der Waals surface area contributed by atoms with E-state index in [1.165, 1.54) is 57.8 Å². The highest BCUT2D eigenvalue weighted by molar-refractivity contribution is 7.45. The topological polar surface area (TPSA) is 131 Å². The molecule has 3 atom stereocenters. The Morgan fingerprint density at radius 3 is 1.76 bits per heavy atom. The smallest absolute Gasteiger partial charge is 0.306 e. The number of hydrogen-bond acceptors (Lipinski definition) is 9. The van der Waals surface area contributed by atoms with Crippen LogP contribution >= 0.6 is 7.82 Å². The first kappa shape index (κ1) is 52.7. The van der Waals surface area contributed by atoms with Crippen molar-refractivity contribution >= 4 is 19.8 Å². The summed E-state index contributed by atoms with van der Waals surface area (Å²) in [5.41, 5.74) is 0. The van der Waals surface area contributed by atoms with Gasteiger partial charge in [-0.15, -0.1) is 0 Å². The van der Waals surface area contributed by atoms with Gasteiger partial charge in [-0.05, 0) is 44.9 Å². The van der Waals surface area contributed by atoms with E-state index >= 15 is 0 Å². The van der Waals surface area contributed by atoms with Gasteiger partial charge in [0.15, 0.2) is 6.10 Å². The molecule has 0 aliphatic rings. The summed E-state index contributed by atoms with van der Waals surface area (Å²) in [7, 11) is 1.06. The summed E-state index contributed by atoms with van der Waals surface area (Å²) in [4.78, 5) is 37.5. The molecule has 0 fully saturated rings. The number of allylic oxidation sites excluding steroid dienone is 9. The standard InChI is InChI=1S/C44H78NO9P/c1-6-8-10-12-14-16-18-20-22-24-26-28-30-33-41(46)34-32-36-43(47)51-39-42(40-53-55(49,50)52-38-37-45(3,4)5)54-44(48)35-31-29-27-25-23-21-19-17-15-13-11-9-7-2/h8,10,14,16,20,22,26,28,30,33,41-42,46H,6-7,9,11-13,15,17-19,21,23-25,27,29,31-32,34-40H2,1-5H3/b10-8-,16-14-,22-20-,28-26-,33-30+/t41?,42-/m1/s1. The number of rotatable bonds is 37. The van der Waals surface area contributed by atoms with Crippen LogP contribution in [0.2, 0.25) is 0 Å². The Bertz CT molecular complexity index is 1140. The van der Waals surface area contributed by atoms with Crippen molar-refractivity contribution < 1.29 is 47.2 Å². The second kappa shape index (κ2) is 36.0. The molecule has 0 aliphatic heterocycles. The maximum Gasteiger partial charge on any atom is 0.306 e. The number of carbonyl (C=O) groups excluding carboxylic acids is 2. The highest BCUT2D eigenvalue weighted by atomic mass is 31.2. The first-order valence-electron chi connectivity index (χ1n) is 21.1. The monoisotopic (exact) mass is 796 g/mol. The van der Waals surface area contributed by atoms with E-state index in [4.69, 9.17) is 18.5 Å². The minimum Gasteiger partial charge on any atom is -0.756 e. The van der Waals surface area contributed by atoms with Crippen molar-refractivity contribution in [2.24, 2.45) is 0 Å². The van der Waals surface area contributed by atoms with Crippen LogP contribution in [0.4, 0.5) is 0 Å². The molecule has 0 aromatic carbocycles. The Labute approximate surface area is 335 Å². The molecular formula is C44H78NO9P. The third-order valence-electron chi connectivity index (χ3n) is 8.66. The predicted molar refractivity (Wildman–Crippen MR) is 223 cm³/mol. The zero-order chi connectivity index (χ0) is 40.9. The van der Waals surface area contributed by atoms with Crippen molar-refractivity contribution in [3.63, 3.8) is 0 Å². The summed E-state index contributed by atoms with van der Waals surface area (Å²) in [6, 6.07) is 0. The van der Waals surface area contributed by atoms with E-state index in [1.54, 1.807) is 12.2 Å². The van der Waals surface area contributed by atoms with Gasteiger partial charge in [0.2, 0.25) is 0 Å². The van der Waals surface area contributed by atoms with Gasteiger partial charge in [-0.3, -0.25) is 14.2 Å². The normalized spacial score (nSPS) is 14.8. The van der Waals surface area contributed by atoms with Crippen LogP contribution in [0.3, 0.4) is 0 Å². The number of aliphatic hydroxyl groups is 1. The number of unbranched alkanes of at least 4 members (excludes halogenated alkanes) is 12. The lowest BCUT2D eigenvalue weighted by Crippen LogP contribution is -2.37. The Morgan fingerprint density at radius 2 is 1.20 bits per heavy atom. The van der Waals surface area contributed by atoms with Crippen LogP contribution in [0.1, 0.15) is 149 Å². The van der Waals surface area contributed by atoms with Gasteiger partial charge in [-0.1, -0.05) is 152 Å². The van der Waals surface area contributed by atoms with Crippen molar-refractivity contribution in [2.45, 2.75) is 161 Å². The number of esters is 2. The fourth-order valence-electron chi connectivity index (χ4n) is 5.33. The van der Waals surface area contributed by atoms with E-state index in [-0.39, 0.29) is 26.1 Å². The number of hydrogen-bond donors (Lipinski definition) is 1. The maximum absolute atomic E-state index is 12.6. The molecule has 0 saturated heterocycles. The molecule has 1 N–H and O–H groups in total. The summed E-state index contributed by atoms with van der Waals surface area (Å²) >= 11 is 0. The van der Waals surface area contributed by atoms with Gasteiger partial charge in [0.05, 0.1) is 33.9 Å². The number of phosphoric ester groups is 1. The van der Waals surface area contributed by atoms with Crippen LogP contribution in [-0.2, 0) is 32.7 Å². The Morgan fingerprint density at radius 1 is 0.673 bits per heavy atom. The number of carbonyl (C=O) groups is 2. The maximum atomic E-state index is 12.6. The van der Waals surface area contributed by atoms with Crippen molar-refractivity contribution in [1.29, 1.82) is 0 Å². The van der Waals surface area contributed by atoms with Gasteiger partial charge < -0.3 is 33.0 Å². The quantitative estimate of drug-likeness (QED) is 0.0163. The summed E-state index contributed by atoms with van der Waals surface area (Å²) in [5.74, 6) is -1.04. The molecule has 2 unspecified atom stereocenters. The molecule has 0 amide bonds. The molecule has 0 aromatic rings. The second-order valence-electron chi connectivity index (χ2n) is 15.2. The van der Waals surface area contributed by atoms with Crippen molar-refractivity contribution in [3.8, 4) is 0 Å². The van der Waals surface area contributed by atoms with Gasteiger partial charge in [0.1, 0.15) is 19.8 Å². The van der Waals surface area contributed by atoms with Gasteiger partial charge in [-0.25, -0.2) is 0 Å². The van der Waals surface area contributed by atoms with Crippen molar-refractivity contribution in [2.75, 3.05) is 47.5 Å². The second-order valence-corrected chi connectivity index (χ2v) is 16.6. The van der Waals surface area contributed by atoms with E-state index in [0.29, 0.717) is 30.3 Å². The van der Waals surface area contributed by atoms with E-state index in [1.807, 2.05) is 33.3 Å². The van der Waals surface area contributed by atoms with Crippen molar-refractivity contribution in [1.82, 2.24) is 0 Å². The van der Waals surface area contributed by atoms with Crippen LogP contribution in [0.25, 0.3) is 0 Å². The minimum absolute atomic E-state index is 0.0452. The predicted octanol–water partition coefficient (Wildman–Crippen LogP) is 10.0. The summed E-state index contributed by atoms with van der Waals surface area (Å²) < 4.78 is 33.7. The van der Waals surface area contributed by atoms with Crippen LogP contribution in [0, 0.1) is 0 Å². The zero-order valence-corrected chi connectivity index (χ0v) is 36.1. The summed E-state index contributed by atoms with van der Waals surface area (Å²) in [5, 5.41) is 10.3. The minimum atomic E-state index is -4.67. The Kier molecular flexibility index (Phi) is 34.5. The van der Waals surface area contributed by atoms with Crippen LogP contribution in [0.5, 0.6) is 0 Å². The molecule has 0 aromatic heterocycles. The lowest BCUT2D eigenvalue weighted by molar-refractivity contribution is -0.870. The molecule has 0 heterocycles. The average Bonchev–Trinajstić information content (AvgIpc) is 3.12. The van der Waals surface area contributed by atoms with Gasteiger partial charge in [0.25, 0.3) is 7.82 Å². The molecule has 0 radical (unpaired) electrons. The molecule has 0 bridgehead atoms. The number of likely N-dealkylation sites (N-methyl/N-ethyl adjacent to an activating group) is 1. The summed E-state index contributed by atoms with van der Waals surface area (Å²) in [6.45, 7) is 3.87. The van der Waals surface area contributed by atoms with E-state index < -0.39 is 38.6 Å². The molecule has 10 nitrogen and oxygen atoms in total. The van der Waals surface area contributed by atoms with E-state index in [0.717, 1.165) is 44.9 Å². The SMILES string of the molecule is CC/C=C\C/C=C\C/C=C\C/C=C\C=C\C(O)CCCC(=O)OC[C@H](COP(=O)([O-])OCC[N+](C)(C)C)OC(=O)CCCCCCCCCCCCCCC. The third-order valence-corrected chi connectivity index (χ3v) is 9.62. The highest BCUT2D eigenvalue weighted by Crippen LogP contribution is 2.38. The number of nitrogens with zero attached hydrogens (tertiary/aromatic N) is 1. The molecule has 0 saturated carbocycles. The molecule has 0 rings (SSSR count). The lowest BCUT2D eigenvalue weighted by Gasteiger charge is -2.28. The van der Waals surface area contributed by atoms with Crippen LogP contribution in [0.15, 0.2) is 60.8 Å². The number of aliphatic hydroxyl groups excluding tert-OH is 1. The first-order chi connectivity index (χ1) is 26.4. The Balaban J connectivity index is 4.58. The third kappa shape index (κ3) is 39.7. The molecular weight excluding hydrogens is 717 g/mol. The zero-order valence-electron chi connectivity index (χ0n) is 35.2. The molecule has 0 aliphatic carbocycles. The molecule has 11 heteroatoms. The Hall–Kier alpha value is -2.33. The van der Waals surface area contributed by atoms with Gasteiger partial charge in [0, 0.05) is 12.8 Å². The molecule has 0 spiro atoms. The molecule has 55 heavy (non-hydrogen) atoms. The fraction of sp³-hybridized carbons (Fsp3) is 0.727. The van der Waals surface area contributed by atoms with Gasteiger partial charge in [-0.2, -0.15) is 0 Å².